The quantitative estimate of drug-likeness (QED) is 0.132. The van der Waals surface area contributed by atoms with Gasteiger partial charge in [0.1, 0.15) is 12.1 Å². The second kappa shape index (κ2) is 19.2. The fraction of sp³-hybridized carbons (Fsp3) is 0.649. The highest BCUT2D eigenvalue weighted by molar-refractivity contribution is 7.89. The summed E-state index contributed by atoms with van der Waals surface area (Å²) in [6.45, 7) is 19.0. The van der Waals surface area contributed by atoms with E-state index in [2.05, 4.69) is 27.8 Å². The lowest BCUT2D eigenvalue weighted by atomic mass is 9.84. The monoisotopic (exact) mass is 732 g/mol. The topological polar surface area (TPSA) is 174 Å². The lowest BCUT2D eigenvalue weighted by Gasteiger charge is -2.37. The van der Waals surface area contributed by atoms with Gasteiger partial charge in [-0.3, -0.25) is 19.2 Å². The van der Waals surface area contributed by atoms with Gasteiger partial charge in [-0.25, -0.2) is 13.2 Å². The molecule has 0 spiro atoms. The van der Waals surface area contributed by atoms with E-state index in [1.54, 1.807) is 18.2 Å². The molecule has 1 aromatic rings. The zero-order valence-corrected chi connectivity index (χ0v) is 32.6. The van der Waals surface area contributed by atoms with Crippen molar-refractivity contribution in [2.24, 2.45) is 23.2 Å². The smallest absolute Gasteiger partial charge is 0.315 e. The maximum atomic E-state index is 14.4. The van der Waals surface area contributed by atoms with E-state index in [1.165, 1.54) is 34.5 Å². The third kappa shape index (κ3) is 11.6. The zero-order valence-electron chi connectivity index (χ0n) is 31.8. The molecule has 0 bridgehead atoms. The predicted octanol–water partition coefficient (Wildman–Crippen LogP) is 3.47. The number of likely N-dealkylation sites (tertiary alicyclic amines) is 1. The molecule has 2 rings (SSSR count). The van der Waals surface area contributed by atoms with Gasteiger partial charge in [0.2, 0.25) is 27.6 Å². The number of hydrogen-bond donors (Lipinski definition) is 4. The number of likely N-dealkylation sites (N-methyl/N-ethyl adjacent to an activating group) is 1. The first-order valence-electron chi connectivity index (χ1n) is 17.9. The van der Waals surface area contributed by atoms with E-state index in [9.17, 15) is 32.4 Å². The van der Waals surface area contributed by atoms with Crippen LogP contribution in [0.15, 0.2) is 47.9 Å². The Bertz CT molecular complexity index is 1480. The van der Waals surface area contributed by atoms with E-state index in [4.69, 9.17) is 0 Å². The second-order valence-corrected chi connectivity index (χ2v) is 16.9. The lowest BCUT2D eigenvalue weighted by molar-refractivity contribution is -0.144. The van der Waals surface area contributed by atoms with Crippen LogP contribution in [0.1, 0.15) is 81.1 Å². The highest BCUT2D eigenvalue weighted by Gasteiger charge is 2.47. The summed E-state index contributed by atoms with van der Waals surface area (Å²) in [4.78, 5) is 69.1. The average molecular weight is 733 g/mol. The first kappa shape index (κ1) is 43.4. The van der Waals surface area contributed by atoms with Crippen LogP contribution in [-0.2, 0) is 29.2 Å². The predicted molar refractivity (Wildman–Crippen MR) is 198 cm³/mol. The number of sulfonamides is 1. The fourth-order valence-corrected chi connectivity index (χ4v) is 7.50. The van der Waals surface area contributed by atoms with Crippen LogP contribution < -0.4 is 21.3 Å². The molecule has 0 aromatic heterocycles. The van der Waals surface area contributed by atoms with Crippen molar-refractivity contribution in [1.82, 2.24) is 30.5 Å². The Kier molecular flexibility index (Phi) is 16.3. The van der Waals surface area contributed by atoms with Crippen LogP contribution in [0.4, 0.5) is 4.79 Å². The maximum absolute atomic E-state index is 14.4. The number of ketones is 1. The van der Waals surface area contributed by atoms with E-state index >= 15 is 0 Å². The Morgan fingerprint density at radius 1 is 1.02 bits per heavy atom. The van der Waals surface area contributed by atoms with E-state index in [-0.39, 0.29) is 48.7 Å². The van der Waals surface area contributed by atoms with Crippen molar-refractivity contribution in [3.63, 3.8) is 0 Å². The van der Waals surface area contributed by atoms with Gasteiger partial charge in [-0.15, -0.1) is 6.58 Å². The van der Waals surface area contributed by atoms with Crippen LogP contribution in [-0.4, -0.2) is 98.0 Å². The Balaban J connectivity index is 2.33. The fourth-order valence-electron chi connectivity index (χ4n) is 6.28. The van der Waals surface area contributed by atoms with Crippen LogP contribution in [0.5, 0.6) is 0 Å². The third-order valence-electron chi connectivity index (χ3n) is 9.63. The van der Waals surface area contributed by atoms with E-state index in [0.717, 1.165) is 0 Å². The van der Waals surface area contributed by atoms with Crippen LogP contribution in [0.2, 0.25) is 0 Å². The van der Waals surface area contributed by atoms with Gasteiger partial charge in [0.25, 0.3) is 5.91 Å². The van der Waals surface area contributed by atoms with Gasteiger partial charge < -0.3 is 26.2 Å². The number of Topliss-reactive ketones (excluding diaryl/α,β-unsaturated/α-hetero) is 1. The Hall–Kier alpha value is -3.78. The lowest BCUT2D eigenvalue weighted by Crippen LogP contribution is -2.62. The van der Waals surface area contributed by atoms with Gasteiger partial charge in [-0.1, -0.05) is 92.5 Å². The molecule has 0 saturated carbocycles. The Labute approximate surface area is 304 Å². The number of rotatable bonds is 18. The van der Waals surface area contributed by atoms with Gasteiger partial charge >= 0.3 is 6.03 Å². The molecule has 1 unspecified atom stereocenters. The number of nitrogens with one attached hydrogen (secondary N) is 4. The van der Waals surface area contributed by atoms with Crippen LogP contribution in [0.3, 0.4) is 0 Å². The summed E-state index contributed by atoms with van der Waals surface area (Å²) in [6, 6.07) is 3.78. The summed E-state index contributed by atoms with van der Waals surface area (Å²) in [7, 11) is -2.35. The Morgan fingerprint density at radius 2 is 1.65 bits per heavy atom. The average Bonchev–Trinajstić information content (AvgIpc) is 3.54. The molecule has 1 aliphatic heterocycles. The molecular formula is C37H60N6O7S. The molecule has 1 heterocycles. The van der Waals surface area contributed by atoms with Crippen molar-refractivity contribution in [3.8, 4) is 0 Å². The maximum Gasteiger partial charge on any atom is 0.315 e. The van der Waals surface area contributed by atoms with Gasteiger partial charge in [0, 0.05) is 32.7 Å². The van der Waals surface area contributed by atoms with Gasteiger partial charge in [0.15, 0.2) is 0 Å². The number of carbonyl (C=O) groups is 5. The molecule has 4 N–H and O–H groups in total. The summed E-state index contributed by atoms with van der Waals surface area (Å²) in [5.41, 5.74) is -0.783. The highest BCUT2D eigenvalue weighted by Crippen LogP contribution is 2.33. The molecule has 1 saturated heterocycles. The van der Waals surface area contributed by atoms with Gasteiger partial charge in [-0.2, -0.15) is 4.31 Å². The van der Waals surface area contributed by atoms with E-state index < -0.39 is 69.1 Å². The van der Waals surface area contributed by atoms with Crippen molar-refractivity contribution in [2.45, 2.75) is 110 Å². The molecule has 13 nitrogen and oxygen atoms in total. The van der Waals surface area contributed by atoms with Crippen molar-refractivity contribution in [2.75, 3.05) is 26.7 Å². The first-order valence-corrected chi connectivity index (χ1v) is 19.4. The normalized spacial score (nSPS) is 18.8. The first-order chi connectivity index (χ1) is 23.8. The number of hydrogen-bond acceptors (Lipinski definition) is 7. The number of carbonyl (C=O) groups excluding carboxylic acids is 5. The zero-order chi connectivity index (χ0) is 38.7. The molecule has 0 aliphatic carbocycles. The number of nitrogens with zero attached hydrogens (tertiary/aromatic N) is 2. The summed E-state index contributed by atoms with van der Waals surface area (Å²) >= 11 is 0. The van der Waals surface area contributed by atoms with Crippen LogP contribution in [0, 0.1) is 23.2 Å². The standard InChI is InChI=1S/C37H60N6O7S/c1-11-17-28(31(44)34(46)38-21-12-2)39-33(45)30-27(24(4)5)20-22-43(30)35(47)32(37(7,8)9)41-36(48)40-29(25(6)13-3)23-42(10)51(49,50)26-18-15-14-16-19-26/h12,14-16,18-19,24-25,27-30,32H,2,11,13,17,20-23H2,1,3-10H3,(H,38,46)(H,39,45)(H2,40,41,48)/t25-,27+,28?,29+,30-,32+/m0/s1. The van der Waals surface area contributed by atoms with Crippen molar-refractivity contribution in [1.29, 1.82) is 0 Å². The minimum absolute atomic E-state index is 0.00147. The largest absolute Gasteiger partial charge is 0.346 e. The van der Waals surface area contributed by atoms with Gasteiger partial charge in [0.05, 0.1) is 10.9 Å². The second-order valence-electron chi connectivity index (χ2n) is 14.9. The third-order valence-corrected chi connectivity index (χ3v) is 11.5. The van der Waals surface area contributed by atoms with Gasteiger partial charge in [-0.05, 0) is 48.1 Å². The summed E-state index contributed by atoms with van der Waals surface area (Å²) in [5.74, 6) is -2.90. The summed E-state index contributed by atoms with van der Waals surface area (Å²) < 4.78 is 27.7. The highest BCUT2D eigenvalue weighted by atomic mass is 32.2. The number of benzene rings is 1. The minimum Gasteiger partial charge on any atom is -0.346 e. The number of urea groups is 1. The molecule has 51 heavy (non-hydrogen) atoms. The van der Waals surface area contributed by atoms with E-state index in [1.807, 2.05) is 55.4 Å². The molecule has 0 radical (unpaired) electrons. The summed E-state index contributed by atoms with van der Waals surface area (Å²) in [5, 5.41) is 11.0. The summed E-state index contributed by atoms with van der Waals surface area (Å²) in [6.07, 6.45) is 3.42. The number of amides is 5. The molecule has 286 valence electrons. The van der Waals surface area contributed by atoms with Crippen molar-refractivity contribution < 1.29 is 32.4 Å². The van der Waals surface area contributed by atoms with Crippen molar-refractivity contribution in [3.05, 3.63) is 43.0 Å². The molecule has 1 fully saturated rings. The molecule has 5 amide bonds. The molecular weight excluding hydrogens is 673 g/mol. The molecule has 14 heteroatoms. The Morgan fingerprint density at radius 3 is 2.18 bits per heavy atom. The van der Waals surface area contributed by atoms with Crippen molar-refractivity contribution >= 4 is 39.6 Å². The van der Waals surface area contributed by atoms with Crippen LogP contribution >= 0.6 is 0 Å². The van der Waals surface area contributed by atoms with E-state index in [0.29, 0.717) is 19.3 Å². The molecule has 1 aliphatic rings. The van der Waals surface area contributed by atoms with Crippen LogP contribution in [0.25, 0.3) is 0 Å². The molecule has 1 aromatic carbocycles. The molecule has 6 atom stereocenters. The SMILES string of the molecule is C=CCNC(=O)C(=O)C(CCC)NC(=O)[C@@H]1[C@@H](C(C)C)CCN1C(=O)[C@@H](NC(=O)N[C@H](CN(C)S(=O)(=O)c1ccccc1)[C@@H](C)CC)C(C)(C)C. The minimum atomic E-state index is -3.82.